The molecule has 3 heteroatoms. The van der Waals surface area contributed by atoms with Gasteiger partial charge in [-0.2, -0.15) is 0 Å². The number of hydrogen-bond acceptors (Lipinski definition) is 2. The Labute approximate surface area is 109 Å². The second kappa shape index (κ2) is 6.55. The molecule has 1 atom stereocenters. The minimum Gasteiger partial charge on any atom is -0.480 e. The first-order valence-electron chi connectivity index (χ1n) is 6.42. The van der Waals surface area contributed by atoms with Gasteiger partial charge in [-0.1, -0.05) is 32.0 Å². The van der Waals surface area contributed by atoms with Gasteiger partial charge in [-0.05, 0) is 42.9 Å². The molecule has 0 aliphatic carbocycles. The standard InChI is InChI=1S/C15H23NO2/c1-10(2)7-14(15(17)18)16-9-13-6-5-11(3)12(4)8-13/h5-6,8,10,14,16H,7,9H2,1-4H3,(H,17,18)/t14-/m0/s1. The lowest BCUT2D eigenvalue weighted by atomic mass is 10.0. The van der Waals surface area contributed by atoms with Crippen molar-refractivity contribution in [3.8, 4) is 0 Å². The molecule has 1 aromatic rings. The summed E-state index contributed by atoms with van der Waals surface area (Å²) in [5, 5.41) is 12.3. The fourth-order valence-electron chi connectivity index (χ4n) is 1.90. The van der Waals surface area contributed by atoms with Gasteiger partial charge in [-0.15, -0.1) is 0 Å². The van der Waals surface area contributed by atoms with Crippen molar-refractivity contribution in [2.24, 2.45) is 5.92 Å². The van der Waals surface area contributed by atoms with Gasteiger partial charge in [0.15, 0.2) is 0 Å². The Bertz CT molecular complexity index is 413. The van der Waals surface area contributed by atoms with Crippen LogP contribution < -0.4 is 5.32 Å². The number of aryl methyl sites for hydroxylation is 2. The molecule has 0 spiro atoms. The van der Waals surface area contributed by atoms with E-state index >= 15 is 0 Å². The Balaban J connectivity index is 2.61. The second-order valence-electron chi connectivity index (χ2n) is 5.32. The predicted molar refractivity (Wildman–Crippen MR) is 73.6 cm³/mol. The van der Waals surface area contributed by atoms with E-state index in [0.717, 1.165) is 5.56 Å². The van der Waals surface area contributed by atoms with E-state index in [1.807, 2.05) is 19.9 Å². The number of nitrogens with one attached hydrogen (secondary N) is 1. The topological polar surface area (TPSA) is 49.3 Å². The van der Waals surface area contributed by atoms with Gasteiger partial charge in [0.25, 0.3) is 0 Å². The van der Waals surface area contributed by atoms with Crippen molar-refractivity contribution in [1.29, 1.82) is 0 Å². The van der Waals surface area contributed by atoms with Crippen molar-refractivity contribution < 1.29 is 9.90 Å². The zero-order chi connectivity index (χ0) is 13.7. The zero-order valence-electron chi connectivity index (χ0n) is 11.7. The van der Waals surface area contributed by atoms with Gasteiger partial charge in [0.2, 0.25) is 0 Å². The molecule has 0 aliphatic rings. The number of benzene rings is 1. The molecule has 0 aliphatic heterocycles. The summed E-state index contributed by atoms with van der Waals surface area (Å²) >= 11 is 0. The molecule has 0 unspecified atom stereocenters. The highest BCUT2D eigenvalue weighted by Crippen LogP contribution is 2.11. The summed E-state index contributed by atoms with van der Waals surface area (Å²) in [6, 6.07) is 5.76. The fourth-order valence-corrected chi connectivity index (χ4v) is 1.90. The second-order valence-corrected chi connectivity index (χ2v) is 5.32. The Morgan fingerprint density at radius 2 is 1.94 bits per heavy atom. The molecular weight excluding hydrogens is 226 g/mol. The maximum Gasteiger partial charge on any atom is 0.320 e. The molecule has 0 saturated heterocycles. The van der Waals surface area contributed by atoms with E-state index in [1.165, 1.54) is 11.1 Å². The van der Waals surface area contributed by atoms with Crippen LogP contribution in [0, 0.1) is 19.8 Å². The maximum absolute atomic E-state index is 11.1. The summed E-state index contributed by atoms with van der Waals surface area (Å²) in [6.45, 7) is 8.82. The number of aliphatic carboxylic acids is 1. The molecule has 1 rings (SSSR count). The molecule has 0 heterocycles. The summed E-state index contributed by atoms with van der Waals surface area (Å²) in [5.74, 6) is -0.397. The Morgan fingerprint density at radius 3 is 2.44 bits per heavy atom. The molecule has 2 N–H and O–H groups in total. The van der Waals surface area contributed by atoms with Crippen LogP contribution in [0.25, 0.3) is 0 Å². The largest absolute Gasteiger partial charge is 0.480 e. The summed E-state index contributed by atoms with van der Waals surface area (Å²) in [5.41, 5.74) is 3.63. The normalized spacial score (nSPS) is 12.7. The first-order valence-corrected chi connectivity index (χ1v) is 6.42. The first-order chi connectivity index (χ1) is 8.40. The van der Waals surface area contributed by atoms with Crippen LogP contribution in [0.5, 0.6) is 0 Å². The Kier molecular flexibility index (Phi) is 5.35. The minimum absolute atomic E-state index is 0.373. The van der Waals surface area contributed by atoms with Crippen molar-refractivity contribution in [2.75, 3.05) is 0 Å². The summed E-state index contributed by atoms with van der Waals surface area (Å²) in [6.07, 6.45) is 0.653. The molecule has 0 aromatic heterocycles. The highest BCUT2D eigenvalue weighted by Gasteiger charge is 2.17. The number of carbonyl (C=O) groups is 1. The van der Waals surface area contributed by atoms with Crippen molar-refractivity contribution in [1.82, 2.24) is 5.32 Å². The van der Waals surface area contributed by atoms with Gasteiger partial charge < -0.3 is 10.4 Å². The van der Waals surface area contributed by atoms with Crippen molar-refractivity contribution >= 4 is 5.97 Å². The lowest BCUT2D eigenvalue weighted by Gasteiger charge is -2.16. The third-order valence-electron chi connectivity index (χ3n) is 3.13. The van der Waals surface area contributed by atoms with E-state index < -0.39 is 12.0 Å². The Morgan fingerprint density at radius 1 is 1.28 bits per heavy atom. The average molecular weight is 249 g/mol. The molecule has 0 amide bonds. The van der Waals surface area contributed by atoms with Crippen molar-refractivity contribution in [2.45, 2.75) is 46.7 Å². The maximum atomic E-state index is 11.1. The van der Waals surface area contributed by atoms with Gasteiger partial charge in [0.05, 0.1) is 0 Å². The van der Waals surface area contributed by atoms with E-state index in [0.29, 0.717) is 18.9 Å². The van der Waals surface area contributed by atoms with E-state index in [9.17, 15) is 4.79 Å². The highest BCUT2D eigenvalue weighted by atomic mass is 16.4. The van der Waals surface area contributed by atoms with Gasteiger partial charge in [0, 0.05) is 6.54 Å². The van der Waals surface area contributed by atoms with E-state index in [-0.39, 0.29) is 0 Å². The monoisotopic (exact) mass is 249 g/mol. The zero-order valence-corrected chi connectivity index (χ0v) is 11.7. The number of hydrogen-bond donors (Lipinski definition) is 2. The third-order valence-corrected chi connectivity index (χ3v) is 3.13. The van der Waals surface area contributed by atoms with E-state index in [4.69, 9.17) is 5.11 Å². The van der Waals surface area contributed by atoms with Gasteiger partial charge in [0.1, 0.15) is 6.04 Å². The molecule has 1 aromatic carbocycles. The molecule has 0 fully saturated rings. The van der Waals surface area contributed by atoms with Crippen molar-refractivity contribution in [3.05, 3.63) is 34.9 Å². The molecule has 3 nitrogen and oxygen atoms in total. The van der Waals surface area contributed by atoms with Gasteiger partial charge in [-0.25, -0.2) is 0 Å². The minimum atomic E-state index is -0.771. The summed E-state index contributed by atoms with van der Waals surface area (Å²) in [7, 11) is 0. The average Bonchev–Trinajstić information content (AvgIpc) is 2.28. The van der Waals surface area contributed by atoms with Crippen molar-refractivity contribution in [3.63, 3.8) is 0 Å². The predicted octanol–water partition coefficient (Wildman–Crippen LogP) is 2.89. The smallest absolute Gasteiger partial charge is 0.320 e. The van der Waals surface area contributed by atoms with Crippen LogP contribution in [-0.2, 0) is 11.3 Å². The third kappa shape index (κ3) is 4.49. The molecule has 0 saturated carbocycles. The molecule has 0 radical (unpaired) electrons. The van der Waals surface area contributed by atoms with Crippen LogP contribution in [-0.4, -0.2) is 17.1 Å². The number of carboxylic acid groups (broad SMARTS) is 1. The van der Waals surface area contributed by atoms with Crippen LogP contribution in [0.3, 0.4) is 0 Å². The quantitative estimate of drug-likeness (QED) is 0.815. The van der Waals surface area contributed by atoms with Crippen LogP contribution in [0.1, 0.15) is 37.0 Å². The van der Waals surface area contributed by atoms with E-state index in [2.05, 4.69) is 31.3 Å². The fraction of sp³-hybridized carbons (Fsp3) is 0.533. The summed E-state index contributed by atoms with van der Waals surface area (Å²) < 4.78 is 0. The van der Waals surface area contributed by atoms with E-state index in [1.54, 1.807) is 0 Å². The van der Waals surface area contributed by atoms with Crippen LogP contribution >= 0.6 is 0 Å². The lowest BCUT2D eigenvalue weighted by Crippen LogP contribution is -2.37. The molecule has 100 valence electrons. The molecule has 18 heavy (non-hydrogen) atoms. The first kappa shape index (κ1) is 14.7. The lowest BCUT2D eigenvalue weighted by molar-refractivity contribution is -0.140. The highest BCUT2D eigenvalue weighted by molar-refractivity contribution is 5.73. The summed E-state index contributed by atoms with van der Waals surface area (Å²) in [4.78, 5) is 11.1. The van der Waals surface area contributed by atoms with Crippen LogP contribution in [0.15, 0.2) is 18.2 Å². The number of carboxylic acids is 1. The molecular formula is C15H23NO2. The SMILES string of the molecule is Cc1ccc(CN[C@@H](CC(C)C)C(=O)O)cc1C. The number of rotatable bonds is 6. The van der Waals surface area contributed by atoms with Crippen LogP contribution in [0.4, 0.5) is 0 Å². The van der Waals surface area contributed by atoms with Crippen LogP contribution in [0.2, 0.25) is 0 Å². The van der Waals surface area contributed by atoms with Gasteiger partial charge >= 0.3 is 5.97 Å². The Hall–Kier alpha value is -1.35. The van der Waals surface area contributed by atoms with Gasteiger partial charge in [-0.3, -0.25) is 4.79 Å². The molecule has 0 bridgehead atoms.